The maximum absolute atomic E-state index is 13.3. The lowest BCUT2D eigenvalue weighted by Gasteiger charge is -2.54. The number of aliphatic hydroxyl groups excluding tert-OH is 2. The van der Waals surface area contributed by atoms with E-state index in [1.54, 1.807) is 0 Å². The van der Waals surface area contributed by atoms with Gasteiger partial charge in [-0.05, 0) is 453 Å². The normalized spacial score (nSPS) is 47.5. The molecule has 7 N–H and O–H groups in total. The first-order valence-electron chi connectivity index (χ1n) is 51.0. The SMILES string of the molecule is C=C(C)[C@H]1CC[C@H]2[C@@H]3CC=C4C[C@](O)(C#CCl)CC[C@@H]4[C@H]3CC[C@]12C.C=C(CBr)[C@H]1CC[C@H]2[C@@H]3CC=C4C[C@](O)(C#CCl)CC[C@@H]4[C@H]3CC[C@]12C.C=C(CBr)[C@H]1CC[C@H]2[C@@H]3CC=C4C[C@](O)(C(F)F)CC[C@@H]4[C@H]3CC[C@]12C.C=C(CO)[C@H]1CC[C@H]2[C@@H]3CC=C4C[C@](O)(C#CCl)CC[C@@H]4[C@H]3CC[C@]12C.C=C(CO)[C@H]1CC[C@H]2[C@@H]3CC=C4C[C@](O)(C(F)F)CC[C@@H]4[C@H]3CC[C@]12C. The highest BCUT2D eigenvalue weighted by Crippen LogP contribution is 2.72. The van der Waals surface area contributed by atoms with Crippen molar-refractivity contribution in [1.29, 1.82) is 0 Å². The van der Waals surface area contributed by atoms with Crippen LogP contribution in [-0.4, -0.2) is 100 Å². The van der Waals surface area contributed by atoms with Crippen molar-refractivity contribution < 1.29 is 53.3 Å². The van der Waals surface area contributed by atoms with E-state index >= 15 is 0 Å². The van der Waals surface area contributed by atoms with E-state index in [9.17, 15) is 53.3 Å². The lowest BCUT2D eigenvalue weighted by atomic mass is 9.51. The first-order chi connectivity index (χ1) is 61.3. The molecule has 0 heterocycles. The number of alkyl halides is 6. The Labute approximate surface area is 804 Å². The molecule has 0 bridgehead atoms. The van der Waals surface area contributed by atoms with Gasteiger partial charge in [0.1, 0.15) is 28.0 Å². The fraction of sp³-hybridized carbons (Fsp3) is 0.770. The molecule has 7 nitrogen and oxygen atoms in total. The highest BCUT2D eigenvalue weighted by atomic mass is 79.9. The van der Waals surface area contributed by atoms with Crippen molar-refractivity contribution in [3.8, 4) is 33.9 Å². The smallest absolute Gasteiger partial charge is 0.267 e. The quantitative estimate of drug-likeness (QED) is 0.0473. The topological polar surface area (TPSA) is 142 Å². The van der Waals surface area contributed by atoms with Crippen LogP contribution in [0.5, 0.6) is 0 Å². The van der Waals surface area contributed by atoms with Gasteiger partial charge in [-0.15, -0.1) is 0 Å². The summed E-state index contributed by atoms with van der Waals surface area (Å²) in [6, 6.07) is 0. The minimum Gasteiger partial charge on any atom is -0.392 e. The molecule has 0 radical (unpaired) electrons. The molecule has 20 aliphatic carbocycles. The van der Waals surface area contributed by atoms with E-state index in [0.29, 0.717) is 130 Å². The fourth-order valence-electron chi connectivity index (χ4n) is 36.4. The molecule has 15 fully saturated rings. The van der Waals surface area contributed by atoms with Crippen molar-refractivity contribution in [2.75, 3.05) is 23.9 Å². The molecule has 0 aromatic heterocycles. The molecule has 0 aliphatic heterocycles. The highest BCUT2D eigenvalue weighted by molar-refractivity contribution is 9.09. The molecule has 0 aromatic rings. The molecule has 0 unspecified atom stereocenters. The number of halogens is 9. The van der Waals surface area contributed by atoms with E-state index in [4.69, 9.17) is 34.8 Å². The van der Waals surface area contributed by atoms with Crippen molar-refractivity contribution in [2.45, 2.75) is 339 Å². The number of rotatable bonds is 11. The third-order valence-corrected chi connectivity index (χ3v) is 44.3. The first kappa shape index (κ1) is 99.4. The number of fused-ring (bicyclic) bond motifs is 25. The average Bonchev–Trinajstić information content (AvgIpc) is 1.63. The molecule has 20 rings (SSSR count). The Bertz CT molecular complexity index is 4370. The molecule has 16 heteroatoms. The van der Waals surface area contributed by atoms with Crippen molar-refractivity contribution in [3.05, 3.63) is 119 Å². The zero-order valence-electron chi connectivity index (χ0n) is 78.7. The van der Waals surface area contributed by atoms with Crippen molar-refractivity contribution in [1.82, 2.24) is 0 Å². The monoisotopic (exact) mass is 1960 g/mol. The number of aliphatic hydroxyl groups is 7. The third kappa shape index (κ3) is 18.1. The minimum absolute atomic E-state index is 0.0833. The van der Waals surface area contributed by atoms with E-state index in [2.05, 4.69) is 171 Å². The van der Waals surface area contributed by atoms with E-state index < -0.39 is 40.9 Å². The van der Waals surface area contributed by atoms with Crippen LogP contribution in [0.1, 0.15) is 298 Å². The molecule has 0 amide bonds. The molecule has 712 valence electrons. The summed E-state index contributed by atoms with van der Waals surface area (Å²) in [5, 5.41) is 80.9. The van der Waals surface area contributed by atoms with Gasteiger partial charge in [-0.3, -0.25) is 0 Å². The zero-order valence-corrected chi connectivity index (χ0v) is 84.1. The summed E-state index contributed by atoms with van der Waals surface area (Å²) in [4.78, 5) is 0. The molecule has 0 spiro atoms. The van der Waals surface area contributed by atoms with E-state index in [-0.39, 0.29) is 44.3 Å². The van der Waals surface area contributed by atoms with Gasteiger partial charge in [0.2, 0.25) is 0 Å². The van der Waals surface area contributed by atoms with Crippen molar-refractivity contribution >= 4 is 66.7 Å². The summed E-state index contributed by atoms with van der Waals surface area (Å²) in [6.45, 7) is 36.2. The standard InChI is InChI=1S/C23H30BrClO.C23H31ClO2.C23H31ClO.C22H31BrF2O.C22H32F2O2/c1-15(14-24)20-5-6-21-19-4-3-16-13-23(26,11-12-25)10-8-17(16)18(19)7-9-22(20,21)2;1-15(14-25)20-5-6-21-19-4-3-16-13-23(26,11-12-24)10-8-17(16)18(19)7-9-22(20,21)2;1-15(2)20-6-7-21-19-5-4-16-14-23(25,12-13-24)11-9-17(16)18(19)8-10-22(20,21)3;1-13(12-23)18-5-6-19-17-4-3-14-11-22(26,20(24)25)10-8-15(14)16(17)7-9-21(18,19)2;1-13(12-25)18-5-6-19-17-4-3-14-11-22(26,20(23)24)10-8-15(14)16(17)7-9-21(18,19)2/h3,17-21,26H,1,4-10,13-14H2,2H3;3,17-21,25-26H,1,4-10,13-14H2,2H3;4,17-21,25H,1,5-11,14H2,2-3H3;3,15-20,26H,1,4-12H2,2H3;3,15-20,25-26H,1,4-12H2,2H3/t3*17-,18+,19+,20+,21-,22+,23+;2*15-,16+,17+,18+,19-,21+,22-/m00000/s1. The van der Waals surface area contributed by atoms with Gasteiger partial charge >= 0.3 is 0 Å². The summed E-state index contributed by atoms with van der Waals surface area (Å²) in [6.07, 6.45) is 47.1. The second kappa shape index (κ2) is 38.9. The average molecular weight is 1970 g/mol. The molecular weight excluding hydrogens is 1810 g/mol. The van der Waals surface area contributed by atoms with E-state index in [0.717, 1.165) is 182 Å². The Kier molecular flexibility index (Phi) is 29.9. The van der Waals surface area contributed by atoms with Gasteiger partial charge in [0.25, 0.3) is 12.9 Å². The van der Waals surface area contributed by atoms with Crippen molar-refractivity contribution in [2.24, 2.45) is 175 Å². The van der Waals surface area contributed by atoms with Crippen LogP contribution in [0.15, 0.2) is 119 Å². The fourth-order valence-corrected chi connectivity index (χ4v) is 37.7. The highest BCUT2D eigenvalue weighted by Gasteiger charge is 2.64. The number of hydrogen-bond donors (Lipinski definition) is 7. The molecule has 0 aromatic carbocycles. The molecule has 20 aliphatic rings. The lowest BCUT2D eigenvalue weighted by molar-refractivity contribution is -0.119. The van der Waals surface area contributed by atoms with Gasteiger partial charge in [0, 0.05) is 58.9 Å². The zero-order chi connectivity index (χ0) is 92.3. The molecule has 0 saturated heterocycles. The van der Waals surface area contributed by atoms with Crippen LogP contribution in [0.3, 0.4) is 0 Å². The molecule has 129 heavy (non-hydrogen) atoms. The van der Waals surface area contributed by atoms with Gasteiger partial charge < -0.3 is 35.7 Å². The Balaban J connectivity index is 0.000000118. The van der Waals surface area contributed by atoms with Gasteiger partial charge in [0.05, 0.1) is 13.2 Å². The van der Waals surface area contributed by atoms with Crippen molar-refractivity contribution in [3.63, 3.8) is 0 Å². The molecule has 35 atom stereocenters. The second-order valence-corrected chi connectivity index (χ2v) is 49.5. The van der Waals surface area contributed by atoms with E-state index in [1.807, 2.05) is 0 Å². The largest absolute Gasteiger partial charge is 0.392 e. The van der Waals surface area contributed by atoms with Gasteiger partial charge in [-0.25, -0.2) is 17.6 Å². The van der Waals surface area contributed by atoms with Crippen LogP contribution in [0.25, 0.3) is 0 Å². The third-order valence-electron chi connectivity index (χ3n) is 42.6. The maximum atomic E-state index is 13.3. The Hall–Kier alpha value is -2.65. The summed E-state index contributed by atoms with van der Waals surface area (Å²) in [5.74, 6) is 25.3. The summed E-state index contributed by atoms with van der Waals surface area (Å²) in [7, 11) is 0. The second-order valence-electron chi connectivity index (χ2n) is 47.9. The Morgan fingerprint density at radius 2 is 0.558 bits per heavy atom. The van der Waals surface area contributed by atoms with Crippen LogP contribution in [0, 0.1) is 209 Å². The lowest BCUT2D eigenvalue weighted by Crippen LogP contribution is -2.49. The molecular formula is C113H155Br2Cl3F4O7. The van der Waals surface area contributed by atoms with E-state index in [1.165, 1.54) is 155 Å². The van der Waals surface area contributed by atoms with Gasteiger partial charge in [-0.2, -0.15) is 0 Å². The van der Waals surface area contributed by atoms with Gasteiger partial charge in [0.15, 0.2) is 0 Å². The number of allylic oxidation sites excluding steroid dienone is 8. The van der Waals surface area contributed by atoms with Crippen LogP contribution < -0.4 is 0 Å². The minimum atomic E-state index is -2.66. The summed E-state index contributed by atoms with van der Waals surface area (Å²) < 4.78 is 53.1. The van der Waals surface area contributed by atoms with Crippen LogP contribution in [-0.2, 0) is 0 Å². The van der Waals surface area contributed by atoms with Gasteiger partial charge in [-0.1, -0.05) is 192 Å². The summed E-state index contributed by atoms with van der Waals surface area (Å²) in [5.41, 5.74) is 8.26. The Morgan fingerprint density at radius 3 is 0.783 bits per heavy atom. The first-order valence-corrected chi connectivity index (χ1v) is 54.4. The van der Waals surface area contributed by atoms with Crippen LogP contribution >= 0.6 is 66.7 Å². The predicted octanol–water partition coefficient (Wildman–Crippen LogP) is 27.2. The van der Waals surface area contributed by atoms with Crippen LogP contribution in [0.2, 0.25) is 0 Å². The van der Waals surface area contributed by atoms with Crippen LogP contribution in [0.4, 0.5) is 17.6 Å². The maximum Gasteiger partial charge on any atom is 0.267 e. The number of hydrogen-bond acceptors (Lipinski definition) is 7. The predicted molar refractivity (Wildman–Crippen MR) is 524 cm³/mol. The molecule has 15 saturated carbocycles. The summed E-state index contributed by atoms with van der Waals surface area (Å²) >= 11 is 24.0. The Morgan fingerprint density at radius 1 is 0.333 bits per heavy atom.